The minimum atomic E-state index is -3.44. The fourth-order valence-corrected chi connectivity index (χ4v) is 3.84. The number of anilines is 1. The molecule has 0 unspecified atom stereocenters. The van der Waals surface area contributed by atoms with Gasteiger partial charge in [0.2, 0.25) is 5.91 Å². The highest BCUT2D eigenvalue weighted by molar-refractivity contribution is 7.91. The Kier molecular flexibility index (Phi) is 5.11. The summed E-state index contributed by atoms with van der Waals surface area (Å²) in [6.45, 7) is 1.72. The number of carbonyl (C=O) groups excluding carboxylic acids is 1. The molecule has 26 heavy (non-hydrogen) atoms. The third-order valence-corrected chi connectivity index (χ3v) is 6.23. The largest absolute Gasteiger partial charge is 0.506 e. The van der Waals surface area contributed by atoms with Gasteiger partial charge in [-0.2, -0.15) is 0 Å². The van der Waals surface area contributed by atoms with Gasteiger partial charge < -0.3 is 15.2 Å². The quantitative estimate of drug-likeness (QED) is 0.776. The Morgan fingerprint density at radius 3 is 2.81 bits per heavy atom. The predicted octanol–water partition coefficient (Wildman–Crippen LogP) is 3.03. The lowest BCUT2D eigenvalue weighted by atomic mass is 9.96. The van der Waals surface area contributed by atoms with Crippen molar-refractivity contribution in [1.82, 2.24) is 0 Å². The van der Waals surface area contributed by atoms with Gasteiger partial charge in [-0.1, -0.05) is 18.5 Å². The second-order valence-electron chi connectivity index (χ2n) is 6.04. The fourth-order valence-electron chi connectivity index (χ4n) is 2.74. The average molecular weight is 396 g/mol. The molecule has 1 atom stereocenters. The average Bonchev–Trinajstić information content (AvgIpc) is 2.62. The Morgan fingerprint density at radius 2 is 2.08 bits per heavy atom. The molecule has 2 aromatic carbocycles. The normalized spacial score (nSPS) is 16.5. The molecular weight excluding hydrogens is 378 g/mol. The van der Waals surface area contributed by atoms with E-state index < -0.39 is 15.8 Å². The number of phenolic OH excluding ortho intramolecular Hbond substituents is 1. The Morgan fingerprint density at radius 1 is 1.31 bits per heavy atom. The first-order valence-electron chi connectivity index (χ1n) is 8.08. The topological polar surface area (TPSA) is 92.7 Å². The fraction of sp³-hybridized carbons (Fsp3) is 0.278. The zero-order valence-electron chi connectivity index (χ0n) is 14.0. The van der Waals surface area contributed by atoms with Crippen molar-refractivity contribution < 1.29 is 23.1 Å². The van der Waals surface area contributed by atoms with E-state index in [9.17, 15) is 18.3 Å². The summed E-state index contributed by atoms with van der Waals surface area (Å²) in [7, 11) is -3.44. The molecule has 1 amide bonds. The van der Waals surface area contributed by atoms with Crippen molar-refractivity contribution in [2.75, 3.05) is 17.7 Å². The van der Waals surface area contributed by atoms with E-state index in [0.717, 1.165) is 5.56 Å². The number of nitrogens with one attached hydrogen (secondary N) is 1. The van der Waals surface area contributed by atoms with Gasteiger partial charge in [-0.3, -0.25) is 4.79 Å². The minimum absolute atomic E-state index is 0.0464. The lowest BCUT2D eigenvalue weighted by Crippen LogP contribution is -2.32. The van der Waals surface area contributed by atoms with Crippen molar-refractivity contribution in [1.29, 1.82) is 0 Å². The van der Waals surface area contributed by atoms with E-state index >= 15 is 0 Å². The van der Waals surface area contributed by atoms with Crippen LogP contribution in [0.25, 0.3) is 0 Å². The Balaban J connectivity index is 1.79. The molecule has 0 aromatic heterocycles. The van der Waals surface area contributed by atoms with Crippen LogP contribution in [-0.4, -0.2) is 31.8 Å². The van der Waals surface area contributed by atoms with Crippen LogP contribution in [0.3, 0.4) is 0 Å². The highest BCUT2D eigenvalue weighted by Crippen LogP contribution is 2.32. The van der Waals surface area contributed by atoms with Crippen LogP contribution >= 0.6 is 11.6 Å². The number of fused-ring (bicyclic) bond motifs is 1. The van der Waals surface area contributed by atoms with Gasteiger partial charge in [-0.05, 0) is 48.4 Å². The number of hydrogen-bond acceptors (Lipinski definition) is 5. The number of benzene rings is 2. The van der Waals surface area contributed by atoms with Crippen molar-refractivity contribution in [3.63, 3.8) is 0 Å². The third kappa shape index (κ3) is 3.78. The molecule has 1 aliphatic heterocycles. The molecule has 2 aromatic rings. The molecule has 0 aliphatic carbocycles. The molecule has 3 rings (SSSR count). The maximum Gasteiger partial charge on any atom is 0.231 e. The summed E-state index contributed by atoms with van der Waals surface area (Å²) in [4.78, 5) is 12.6. The van der Waals surface area contributed by atoms with E-state index in [4.69, 9.17) is 16.3 Å². The predicted molar refractivity (Wildman–Crippen MR) is 98.6 cm³/mol. The number of ether oxygens (including phenoxy) is 1. The Hall–Kier alpha value is -2.25. The molecule has 0 saturated carbocycles. The first kappa shape index (κ1) is 18.5. The third-order valence-electron chi connectivity index (χ3n) is 4.26. The van der Waals surface area contributed by atoms with E-state index in [2.05, 4.69) is 5.32 Å². The highest BCUT2D eigenvalue weighted by Gasteiger charge is 2.27. The van der Waals surface area contributed by atoms with Gasteiger partial charge in [0, 0.05) is 5.02 Å². The molecule has 6 nitrogen and oxygen atoms in total. The zero-order chi connectivity index (χ0) is 18.9. The summed E-state index contributed by atoms with van der Waals surface area (Å²) in [5, 5.41) is 13.1. The maximum absolute atomic E-state index is 12.6. The summed E-state index contributed by atoms with van der Waals surface area (Å²) in [6.07, 6.45) is 0.440. The minimum Gasteiger partial charge on any atom is -0.506 e. The molecule has 1 aliphatic rings. The molecular formula is C18H18ClNO5S. The van der Waals surface area contributed by atoms with Crippen molar-refractivity contribution in [3.8, 4) is 11.5 Å². The molecule has 8 heteroatoms. The molecule has 0 spiro atoms. The van der Waals surface area contributed by atoms with Gasteiger partial charge in [0.1, 0.15) is 18.1 Å². The monoisotopic (exact) mass is 395 g/mol. The molecule has 0 saturated heterocycles. The van der Waals surface area contributed by atoms with Crippen LogP contribution in [0.4, 0.5) is 5.69 Å². The summed E-state index contributed by atoms with van der Waals surface area (Å²) < 4.78 is 29.6. The Labute approximate surface area is 156 Å². The smallest absolute Gasteiger partial charge is 0.231 e. The number of aromatic hydroxyl groups is 1. The van der Waals surface area contributed by atoms with Crippen LogP contribution in [0.5, 0.6) is 11.5 Å². The van der Waals surface area contributed by atoms with Crippen molar-refractivity contribution >= 4 is 33.0 Å². The molecule has 0 fully saturated rings. The van der Waals surface area contributed by atoms with Gasteiger partial charge in [-0.25, -0.2) is 8.42 Å². The summed E-state index contributed by atoms with van der Waals surface area (Å²) in [5.74, 6) is -0.422. The SMILES string of the molecule is CCS(=O)(=O)c1ccc(O)c(NC(=O)[C@H]2COc3ccc(Cl)cc3C2)c1. The number of rotatable bonds is 4. The number of halogens is 1. The van der Waals surface area contributed by atoms with Crippen LogP contribution in [0.2, 0.25) is 5.02 Å². The molecule has 138 valence electrons. The maximum atomic E-state index is 12.6. The lowest BCUT2D eigenvalue weighted by molar-refractivity contribution is -0.121. The van der Waals surface area contributed by atoms with Crippen LogP contribution in [-0.2, 0) is 21.1 Å². The van der Waals surface area contributed by atoms with E-state index in [1.165, 1.54) is 25.1 Å². The molecule has 2 N–H and O–H groups in total. The first-order valence-corrected chi connectivity index (χ1v) is 10.1. The summed E-state index contributed by atoms with van der Waals surface area (Å²) >= 11 is 5.98. The second kappa shape index (κ2) is 7.17. The van der Waals surface area contributed by atoms with Crippen LogP contribution in [0.15, 0.2) is 41.3 Å². The molecule has 1 heterocycles. The second-order valence-corrected chi connectivity index (χ2v) is 8.75. The van der Waals surface area contributed by atoms with Gasteiger partial charge in [0.15, 0.2) is 9.84 Å². The van der Waals surface area contributed by atoms with Gasteiger partial charge >= 0.3 is 0 Å². The van der Waals surface area contributed by atoms with Crippen LogP contribution in [0, 0.1) is 5.92 Å². The zero-order valence-corrected chi connectivity index (χ0v) is 15.6. The summed E-state index contributed by atoms with van der Waals surface area (Å²) in [5.41, 5.74) is 0.886. The molecule has 0 radical (unpaired) electrons. The van der Waals surface area contributed by atoms with Crippen LogP contribution in [0.1, 0.15) is 12.5 Å². The number of sulfone groups is 1. The van der Waals surface area contributed by atoms with Crippen LogP contribution < -0.4 is 10.1 Å². The highest BCUT2D eigenvalue weighted by atomic mass is 35.5. The van der Waals surface area contributed by atoms with Crippen molar-refractivity contribution in [2.45, 2.75) is 18.2 Å². The van der Waals surface area contributed by atoms with E-state index in [0.29, 0.717) is 17.2 Å². The van der Waals surface area contributed by atoms with E-state index in [1.807, 2.05) is 0 Å². The van der Waals surface area contributed by atoms with Gasteiger partial charge in [0.05, 0.1) is 22.3 Å². The Bertz CT molecular complexity index is 958. The number of hydrogen-bond donors (Lipinski definition) is 2. The standard InChI is InChI=1S/C18H18ClNO5S/c1-2-26(23,24)14-4-5-16(21)15(9-14)20-18(22)12-7-11-8-13(19)3-6-17(11)25-10-12/h3-6,8-9,12,21H,2,7,10H2,1H3,(H,20,22)/t12-/m1/s1. The lowest BCUT2D eigenvalue weighted by Gasteiger charge is -2.25. The first-order chi connectivity index (χ1) is 12.3. The summed E-state index contributed by atoms with van der Waals surface area (Å²) in [6, 6.07) is 9.06. The van der Waals surface area contributed by atoms with Gasteiger partial charge in [0.25, 0.3) is 0 Å². The van der Waals surface area contributed by atoms with E-state index in [-0.39, 0.29) is 34.6 Å². The number of carbonyl (C=O) groups is 1. The number of amides is 1. The molecule has 0 bridgehead atoms. The van der Waals surface area contributed by atoms with Gasteiger partial charge in [-0.15, -0.1) is 0 Å². The van der Waals surface area contributed by atoms with E-state index in [1.54, 1.807) is 18.2 Å². The van der Waals surface area contributed by atoms with Crippen molar-refractivity contribution in [2.24, 2.45) is 5.92 Å². The number of phenols is 1. The van der Waals surface area contributed by atoms with Crippen molar-refractivity contribution in [3.05, 3.63) is 47.0 Å².